The molecule has 0 bridgehead atoms. The van der Waals surface area contributed by atoms with Crippen LogP contribution in [0, 0.1) is 23.1 Å². The van der Waals surface area contributed by atoms with E-state index in [9.17, 15) is 9.18 Å². The topological polar surface area (TPSA) is 62.6 Å². The largest absolute Gasteiger partial charge is 0.494 e. The SMILES string of the molecule is CCOc1ccc(N(CCC#N)C(=O)C2COc3cc(F)ccc3C2)cc1. The van der Waals surface area contributed by atoms with E-state index in [1.54, 1.807) is 23.1 Å². The van der Waals surface area contributed by atoms with Gasteiger partial charge in [0.25, 0.3) is 0 Å². The Hall–Kier alpha value is -3.07. The van der Waals surface area contributed by atoms with Gasteiger partial charge in [-0.15, -0.1) is 0 Å². The zero-order valence-corrected chi connectivity index (χ0v) is 15.2. The number of fused-ring (bicyclic) bond motifs is 1. The van der Waals surface area contributed by atoms with Crippen molar-refractivity contribution in [3.05, 3.63) is 53.8 Å². The lowest BCUT2D eigenvalue weighted by Gasteiger charge is -2.30. The van der Waals surface area contributed by atoms with Crippen LogP contribution < -0.4 is 14.4 Å². The summed E-state index contributed by atoms with van der Waals surface area (Å²) in [6.07, 6.45) is 0.711. The van der Waals surface area contributed by atoms with Crippen molar-refractivity contribution < 1.29 is 18.7 Å². The summed E-state index contributed by atoms with van der Waals surface area (Å²) < 4.78 is 24.4. The molecule has 6 heteroatoms. The number of hydrogen-bond donors (Lipinski definition) is 0. The van der Waals surface area contributed by atoms with E-state index in [-0.39, 0.29) is 30.7 Å². The molecule has 2 aromatic carbocycles. The summed E-state index contributed by atoms with van der Waals surface area (Å²) in [6, 6.07) is 13.7. The van der Waals surface area contributed by atoms with Gasteiger partial charge < -0.3 is 14.4 Å². The van der Waals surface area contributed by atoms with Gasteiger partial charge in [0.2, 0.25) is 5.91 Å². The van der Waals surface area contributed by atoms with Crippen LogP contribution in [-0.4, -0.2) is 25.7 Å². The number of nitriles is 1. The molecule has 27 heavy (non-hydrogen) atoms. The molecule has 5 nitrogen and oxygen atoms in total. The van der Waals surface area contributed by atoms with Crippen LogP contribution in [0.1, 0.15) is 18.9 Å². The molecule has 0 aromatic heterocycles. The van der Waals surface area contributed by atoms with E-state index < -0.39 is 0 Å². The lowest BCUT2D eigenvalue weighted by molar-refractivity contribution is -0.123. The predicted octanol–water partition coefficient (Wildman–Crippen LogP) is 3.72. The van der Waals surface area contributed by atoms with Crippen molar-refractivity contribution in [3.8, 4) is 17.6 Å². The fraction of sp³-hybridized carbons (Fsp3) is 0.333. The number of amides is 1. The number of benzene rings is 2. The summed E-state index contributed by atoms with van der Waals surface area (Å²) in [4.78, 5) is 14.7. The number of carbonyl (C=O) groups excluding carboxylic acids is 1. The van der Waals surface area contributed by atoms with Gasteiger partial charge in [-0.1, -0.05) is 6.07 Å². The minimum Gasteiger partial charge on any atom is -0.494 e. The Morgan fingerprint density at radius 3 is 2.81 bits per heavy atom. The molecular formula is C21H21FN2O3. The number of ether oxygens (including phenoxy) is 2. The van der Waals surface area contributed by atoms with Gasteiger partial charge in [-0.3, -0.25) is 4.79 Å². The van der Waals surface area contributed by atoms with Crippen LogP contribution in [0.2, 0.25) is 0 Å². The molecule has 1 amide bonds. The predicted molar refractivity (Wildman–Crippen MR) is 99.3 cm³/mol. The third-order valence-corrected chi connectivity index (χ3v) is 4.46. The molecule has 0 spiro atoms. The molecule has 1 unspecified atom stereocenters. The number of carbonyl (C=O) groups is 1. The molecule has 1 aliphatic rings. The van der Waals surface area contributed by atoms with E-state index in [1.807, 2.05) is 19.1 Å². The van der Waals surface area contributed by atoms with Gasteiger partial charge in [-0.2, -0.15) is 5.26 Å². The highest BCUT2D eigenvalue weighted by Gasteiger charge is 2.30. The fourth-order valence-corrected chi connectivity index (χ4v) is 3.14. The Balaban J connectivity index is 1.79. The minimum atomic E-state index is -0.381. The second kappa shape index (κ2) is 8.54. The van der Waals surface area contributed by atoms with Crippen LogP contribution in [0.4, 0.5) is 10.1 Å². The normalized spacial score (nSPS) is 15.2. The summed E-state index contributed by atoms with van der Waals surface area (Å²) in [5.74, 6) is 0.371. The summed E-state index contributed by atoms with van der Waals surface area (Å²) in [5, 5.41) is 8.96. The van der Waals surface area contributed by atoms with Crippen molar-refractivity contribution in [1.29, 1.82) is 5.26 Å². The average Bonchev–Trinajstić information content (AvgIpc) is 2.69. The van der Waals surface area contributed by atoms with E-state index in [4.69, 9.17) is 14.7 Å². The van der Waals surface area contributed by atoms with E-state index >= 15 is 0 Å². The van der Waals surface area contributed by atoms with Gasteiger partial charge in [0.1, 0.15) is 23.9 Å². The summed E-state index contributed by atoms with van der Waals surface area (Å²) >= 11 is 0. The number of halogens is 1. The third-order valence-electron chi connectivity index (χ3n) is 4.46. The zero-order chi connectivity index (χ0) is 19.2. The number of rotatable bonds is 6. The molecule has 2 aromatic rings. The average molecular weight is 368 g/mol. The molecule has 0 aliphatic carbocycles. The smallest absolute Gasteiger partial charge is 0.233 e. The Bertz CT molecular complexity index is 845. The standard InChI is InChI=1S/C21H21FN2O3/c1-2-26-19-8-6-18(7-9-19)24(11-3-10-23)21(25)16-12-15-4-5-17(22)13-20(15)27-14-16/h4-9,13,16H,2-3,11-12,14H2,1H3. The Morgan fingerprint density at radius 1 is 1.33 bits per heavy atom. The first-order chi connectivity index (χ1) is 13.1. The first kappa shape index (κ1) is 18.7. The first-order valence-electron chi connectivity index (χ1n) is 8.94. The number of hydrogen-bond acceptors (Lipinski definition) is 4. The summed E-state index contributed by atoms with van der Waals surface area (Å²) in [5.41, 5.74) is 1.52. The molecule has 0 saturated heterocycles. The number of anilines is 1. The van der Waals surface area contributed by atoms with Crippen LogP contribution >= 0.6 is 0 Å². The minimum absolute atomic E-state index is 0.107. The molecule has 0 saturated carbocycles. The van der Waals surface area contributed by atoms with Gasteiger partial charge in [0, 0.05) is 18.3 Å². The van der Waals surface area contributed by atoms with Gasteiger partial charge in [-0.25, -0.2) is 4.39 Å². The second-order valence-electron chi connectivity index (χ2n) is 6.29. The monoisotopic (exact) mass is 368 g/mol. The van der Waals surface area contributed by atoms with Crippen LogP contribution in [0.3, 0.4) is 0 Å². The molecular weight excluding hydrogens is 347 g/mol. The van der Waals surface area contributed by atoms with Crippen molar-refractivity contribution in [1.82, 2.24) is 0 Å². The lowest BCUT2D eigenvalue weighted by Crippen LogP contribution is -2.41. The van der Waals surface area contributed by atoms with E-state index in [2.05, 4.69) is 6.07 Å². The Morgan fingerprint density at radius 2 is 2.11 bits per heavy atom. The maximum atomic E-state index is 13.3. The molecule has 0 fully saturated rings. The van der Waals surface area contributed by atoms with Crippen molar-refractivity contribution >= 4 is 11.6 Å². The van der Waals surface area contributed by atoms with Gasteiger partial charge >= 0.3 is 0 Å². The molecule has 140 valence electrons. The van der Waals surface area contributed by atoms with E-state index in [0.29, 0.717) is 31.0 Å². The van der Waals surface area contributed by atoms with E-state index in [0.717, 1.165) is 11.3 Å². The van der Waals surface area contributed by atoms with Crippen molar-refractivity contribution in [2.45, 2.75) is 19.8 Å². The van der Waals surface area contributed by atoms with Gasteiger partial charge in [-0.05, 0) is 49.2 Å². The lowest BCUT2D eigenvalue weighted by atomic mass is 9.95. The maximum Gasteiger partial charge on any atom is 0.233 e. The Kier molecular flexibility index (Phi) is 5.92. The highest BCUT2D eigenvalue weighted by molar-refractivity contribution is 5.95. The summed E-state index contributed by atoms with van der Waals surface area (Å²) in [7, 11) is 0. The van der Waals surface area contributed by atoms with E-state index in [1.165, 1.54) is 12.1 Å². The zero-order valence-electron chi connectivity index (χ0n) is 15.2. The van der Waals surface area contributed by atoms with Crippen LogP contribution in [-0.2, 0) is 11.2 Å². The summed E-state index contributed by atoms with van der Waals surface area (Å²) in [6.45, 7) is 2.96. The Labute approximate surface area is 157 Å². The number of nitrogens with zero attached hydrogens (tertiary/aromatic N) is 2. The molecule has 1 aliphatic heterocycles. The molecule has 3 rings (SSSR count). The van der Waals surface area contributed by atoms with Crippen molar-refractivity contribution in [2.24, 2.45) is 5.92 Å². The van der Waals surface area contributed by atoms with Crippen LogP contribution in [0.5, 0.6) is 11.5 Å². The maximum absolute atomic E-state index is 13.3. The third kappa shape index (κ3) is 4.37. The van der Waals surface area contributed by atoms with Crippen LogP contribution in [0.15, 0.2) is 42.5 Å². The molecule has 1 atom stereocenters. The second-order valence-corrected chi connectivity index (χ2v) is 6.29. The van der Waals surface area contributed by atoms with Gasteiger partial charge in [0.05, 0.1) is 25.0 Å². The van der Waals surface area contributed by atoms with Gasteiger partial charge in [0.15, 0.2) is 0 Å². The highest BCUT2D eigenvalue weighted by Crippen LogP contribution is 2.30. The van der Waals surface area contributed by atoms with Crippen LogP contribution in [0.25, 0.3) is 0 Å². The first-order valence-corrected chi connectivity index (χ1v) is 8.94. The molecule has 0 N–H and O–H groups in total. The fourth-order valence-electron chi connectivity index (χ4n) is 3.14. The van der Waals surface area contributed by atoms with Crippen molar-refractivity contribution in [2.75, 3.05) is 24.7 Å². The molecule has 1 heterocycles. The quantitative estimate of drug-likeness (QED) is 0.780. The molecule has 0 radical (unpaired) electrons. The van der Waals surface area contributed by atoms with Crippen molar-refractivity contribution in [3.63, 3.8) is 0 Å². The highest BCUT2D eigenvalue weighted by atomic mass is 19.1.